The topological polar surface area (TPSA) is 52.8 Å². The lowest BCUT2D eigenvalue weighted by atomic mass is 10.1. The van der Waals surface area contributed by atoms with Gasteiger partial charge in [0.1, 0.15) is 30.2 Å². The number of imidazole rings is 1. The number of pyridine rings is 1. The van der Waals surface area contributed by atoms with Crippen LogP contribution in [0.15, 0.2) is 36.5 Å². The van der Waals surface area contributed by atoms with Gasteiger partial charge in [-0.2, -0.15) is 0 Å². The highest BCUT2D eigenvalue weighted by Gasteiger charge is 2.17. The fourth-order valence-electron chi connectivity index (χ4n) is 2.55. The van der Waals surface area contributed by atoms with Gasteiger partial charge in [0.05, 0.1) is 5.02 Å². The minimum atomic E-state index is 0.453. The molecule has 22 heavy (non-hydrogen) atoms. The van der Waals surface area contributed by atoms with Crippen molar-refractivity contribution in [1.82, 2.24) is 9.38 Å². The van der Waals surface area contributed by atoms with Crippen LogP contribution < -0.4 is 9.47 Å². The van der Waals surface area contributed by atoms with Crippen LogP contribution in [0, 0.1) is 0 Å². The third kappa shape index (κ3) is 2.02. The number of aromatic nitrogens is 2. The second-order valence-electron chi connectivity index (χ2n) is 4.90. The van der Waals surface area contributed by atoms with Gasteiger partial charge in [0.2, 0.25) is 0 Å². The molecule has 0 aliphatic carbocycles. The summed E-state index contributed by atoms with van der Waals surface area (Å²) < 4.78 is 12.8. The molecule has 0 radical (unpaired) electrons. The number of aldehydes is 1. The molecule has 2 aromatic heterocycles. The van der Waals surface area contributed by atoms with Gasteiger partial charge in [-0.15, -0.1) is 0 Å². The summed E-state index contributed by atoms with van der Waals surface area (Å²) >= 11 is 6.00. The first-order valence-corrected chi connectivity index (χ1v) is 7.17. The van der Waals surface area contributed by atoms with Crippen LogP contribution in [0.4, 0.5) is 0 Å². The van der Waals surface area contributed by atoms with Gasteiger partial charge in [0.15, 0.2) is 17.8 Å². The predicted molar refractivity (Wildman–Crippen MR) is 82.0 cm³/mol. The van der Waals surface area contributed by atoms with Gasteiger partial charge < -0.3 is 9.47 Å². The first-order valence-electron chi connectivity index (χ1n) is 6.79. The molecular formula is C16H11ClN2O3. The summed E-state index contributed by atoms with van der Waals surface area (Å²) in [4.78, 5) is 16.0. The van der Waals surface area contributed by atoms with Gasteiger partial charge in [-0.25, -0.2) is 4.98 Å². The van der Waals surface area contributed by atoms with Gasteiger partial charge in [-0.3, -0.25) is 9.20 Å². The molecule has 0 amide bonds. The molecule has 0 fully saturated rings. The van der Waals surface area contributed by atoms with E-state index in [0.29, 0.717) is 46.8 Å². The Labute approximate surface area is 131 Å². The van der Waals surface area contributed by atoms with Crippen molar-refractivity contribution < 1.29 is 14.3 Å². The lowest BCUT2D eigenvalue weighted by Gasteiger charge is -2.18. The van der Waals surface area contributed by atoms with E-state index in [1.807, 2.05) is 18.2 Å². The molecule has 0 unspecified atom stereocenters. The summed E-state index contributed by atoms with van der Waals surface area (Å²) in [5.74, 6) is 1.37. The lowest BCUT2D eigenvalue weighted by molar-refractivity contribution is 0.111. The van der Waals surface area contributed by atoms with Crippen molar-refractivity contribution in [3.63, 3.8) is 0 Å². The number of rotatable bonds is 2. The fraction of sp³-hybridized carbons (Fsp3) is 0.125. The van der Waals surface area contributed by atoms with Crippen molar-refractivity contribution in [2.24, 2.45) is 0 Å². The Hall–Kier alpha value is -2.53. The maximum Gasteiger partial charge on any atom is 0.169 e. The zero-order valence-electron chi connectivity index (χ0n) is 11.5. The van der Waals surface area contributed by atoms with Crippen molar-refractivity contribution in [1.29, 1.82) is 0 Å². The SMILES string of the molecule is O=Cc1c(-c2ccc3c(c2)OCCO3)nc2ccc(Cl)cn12. The molecule has 0 atom stereocenters. The molecule has 1 aromatic carbocycles. The van der Waals surface area contributed by atoms with E-state index < -0.39 is 0 Å². The minimum absolute atomic E-state index is 0.453. The van der Waals surface area contributed by atoms with Gasteiger partial charge in [0.25, 0.3) is 0 Å². The molecule has 3 aromatic rings. The molecule has 0 N–H and O–H groups in total. The smallest absolute Gasteiger partial charge is 0.169 e. The molecular weight excluding hydrogens is 304 g/mol. The van der Waals surface area contributed by atoms with Crippen molar-refractivity contribution in [2.75, 3.05) is 13.2 Å². The van der Waals surface area contributed by atoms with E-state index in [0.717, 1.165) is 11.8 Å². The molecule has 0 spiro atoms. The summed E-state index contributed by atoms with van der Waals surface area (Å²) in [6.07, 6.45) is 2.46. The van der Waals surface area contributed by atoms with Crippen LogP contribution in [-0.2, 0) is 0 Å². The van der Waals surface area contributed by atoms with Crippen molar-refractivity contribution in [3.8, 4) is 22.8 Å². The van der Waals surface area contributed by atoms with Crippen LogP contribution in [0.3, 0.4) is 0 Å². The predicted octanol–water partition coefficient (Wildman–Crippen LogP) is 3.24. The zero-order valence-corrected chi connectivity index (χ0v) is 12.2. The highest BCUT2D eigenvalue weighted by Crippen LogP contribution is 2.35. The Balaban J connectivity index is 1.92. The molecule has 0 saturated heterocycles. The number of ether oxygens (including phenoxy) is 2. The van der Waals surface area contributed by atoms with E-state index in [9.17, 15) is 4.79 Å². The molecule has 0 bridgehead atoms. The van der Waals surface area contributed by atoms with Crippen LogP contribution in [-0.4, -0.2) is 28.9 Å². The van der Waals surface area contributed by atoms with Gasteiger partial charge in [0, 0.05) is 11.8 Å². The number of benzene rings is 1. The largest absolute Gasteiger partial charge is 0.486 e. The average molecular weight is 315 g/mol. The van der Waals surface area contributed by atoms with Crippen molar-refractivity contribution in [3.05, 3.63) is 47.2 Å². The number of fused-ring (bicyclic) bond motifs is 2. The van der Waals surface area contributed by atoms with Crippen molar-refractivity contribution in [2.45, 2.75) is 0 Å². The first-order chi connectivity index (χ1) is 10.8. The molecule has 1 aliphatic heterocycles. The van der Waals surface area contributed by atoms with Crippen molar-refractivity contribution >= 4 is 23.5 Å². The van der Waals surface area contributed by atoms with Crippen LogP contribution >= 0.6 is 11.6 Å². The number of hydrogen-bond acceptors (Lipinski definition) is 4. The molecule has 1 aliphatic rings. The highest BCUT2D eigenvalue weighted by atomic mass is 35.5. The third-order valence-electron chi connectivity index (χ3n) is 3.55. The molecule has 6 heteroatoms. The average Bonchev–Trinajstić information content (AvgIpc) is 2.92. The summed E-state index contributed by atoms with van der Waals surface area (Å²) in [7, 11) is 0. The van der Waals surface area contributed by atoms with Gasteiger partial charge in [-0.05, 0) is 30.3 Å². The minimum Gasteiger partial charge on any atom is -0.486 e. The Kier molecular flexibility index (Phi) is 3.01. The molecule has 110 valence electrons. The quantitative estimate of drug-likeness (QED) is 0.681. The summed E-state index contributed by atoms with van der Waals surface area (Å²) in [5, 5.41) is 0.543. The second kappa shape index (κ2) is 5.03. The molecule has 4 rings (SSSR count). The monoisotopic (exact) mass is 314 g/mol. The third-order valence-corrected chi connectivity index (χ3v) is 3.77. The van der Waals surface area contributed by atoms with Crippen LogP contribution in [0.25, 0.3) is 16.9 Å². The number of halogens is 1. The number of carbonyl (C=O) groups excluding carboxylic acids is 1. The Morgan fingerprint density at radius 2 is 1.95 bits per heavy atom. The maximum atomic E-state index is 11.5. The summed E-state index contributed by atoms with van der Waals surface area (Å²) in [6, 6.07) is 9.05. The van der Waals surface area contributed by atoms with Gasteiger partial charge >= 0.3 is 0 Å². The molecule has 3 heterocycles. The number of hydrogen-bond donors (Lipinski definition) is 0. The van der Waals surface area contributed by atoms with E-state index in [1.165, 1.54) is 0 Å². The zero-order chi connectivity index (χ0) is 15.1. The molecule has 5 nitrogen and oxygen atoms in total. The first kappa shape index (κ1) is 13.2. The molecule has 0 saturated carbocycles. The van der Waals surface area contributed by atoms with Crippen LogP contribution in [0.2, 0.25) is 5.02 Å². The van der Waals surface area contributed by atoms with E-state index in [-0.39, 0.29) is 0 Å². The van der Waals surface area contributed by atoms with Crippen LogP contribution in [0.1, 0.15) is 10.5 Å². The number of nitrogens with zero attached hydrogens (tertiary/aromatic N) is 2. The normalized spacial score (nSPS) is 13.3. The van der Waals surface area contributed by atoms with E-state index in [4.69, 9.17) is 21.1 Å². The summed E-state index contributed by atoms with van der Waals surface area (Å²) in [5.41, 5.74) is 2.51. The second-order valence-corrected chi connectivity index (χ2v) is 5.33. The maximum absolute atomic E-state index is 11.5. The van der Waals surface area contributed by atoms with E-state index in [1.54, 1.807) is 22.7 Å². The van der Waals surface area contributed by atoms with E-state index >= 15 is 0 Å². The lowest BCUT2D eigenvalue weighted by Crippen LogP contribution is -2.15. The van der Waals surface area contributed by atoms with Crippen LogP contribution in [0.5, 0.6) is 11.5 Å². The number of carbonyl (C=O) groups is 1. The van der Waals surface area contributed by atoms with Gasteiger partial charge in [-0.1, -0.05) is 11.6 Å². The summed E-state index contributed by atoms with van der Waals surface area (Å²) in [6.45, 7) is 1.05. The Morgan fingerprint density at radius 1 is 1.14 bits per heavy atom. The fourth-order valence-corrected chi connectivity index (χ4v) is 2.71. The van der Waals surface area contributed by atoms with E-state index in [2.05, 4.69) is 4.98 Å². The highest BCUT2D eigenvalue weighted by molar-refractivity contribution is 6.30. The Bertz CT molecular complexity index is 888. The Morgan fingerprint density at radius 3 is 2.77 bits per heavy atom. The standard InChI is InChI=1S/C16H11ClN2O3/c17-11-2-4-15-18-16(12(9-20)19(15)8-11)10-1-3-13-14(7-10)22-6-5-21-13/h1-4,7-9H,5-6H2.